The van der Waals surface area contributed by atoms with E-state index in [2.05, 4.69) is 21.0 Å². The topological polar surface area (TPSA) is 60.9 Å². The van der Waals surface area contributed by atoms with Crippen LogP contribution in [0.5, 0.6) is 0 Å². The van der Waals surface area contributed by atoms with E-state index in [1.807, 2.05) is 7.05 Å². The van der Waals surface area contributed by atoms with E-state index in [1.165, 1.54) is 0 Å². The van der Waals surface area contributed by atoms with E-state index in [0.717, 1.165) is 10.2 Å². The molecule has 2 N–H and O–H groups in total. The Morgan fingerprint density at radius 3 is 2.92 bits per heavy atom. The van der Waals surface area contributed by atoms with E-state index in [0.29, 0.717) is 12.8 Å². The number of carbonyl (C=O) groups excluding carboxylic acids is 1. The average molecular weight is 232 g/mol. The van der Waals surface area contributed by atoms with Crippen LogP contribution in [0.4, 0.5) is 0 Å². The van der Waals surface area contributed by atoms with Crippen LogP contribution in [-0.2, 0) is 18.3 Å². The molecule has 1 amide bonds. The summed E-state index contributed by atoms with van der Waals surface area (Å²) in [5.74, 6) is -0.289. The third-order valence-electron chi connectivity index (χ3n) is 1.62. The molecule has 0 atom stereocenters. The molecule has 66 valence electrons. The second-order valence-corrected chi connectivity index (χ2v) is 3.38. The number of carbonyl (C=O) groups is 1. The van der Waals surface area contributed by atoms with Crippen molar-refractivity contribution in [1.82, 2.24) is 9.78 Å². The van der Waals surface area contributed by atoms with E-state index in [-0.39, 0.29) is 5.91 Å². The maximum absolute atomic E-state index is 10.5. The zero-order chi connectivity index (χ0) is 9.14. The Balaban J connectivity index is 2.68. The molecule has 0 fully saturated rings. The molecule has 0 radical (unpaired) electrons. The molecule has 1 aromatic heterocycles. The Kier molecular flexibility index (Phi) is 2.86. The average Bonchev–Trinajstić information content (AvgIpc) is 2.28. The van der Waals surface area contributed by atoms with Crippen molar-refractivity contribution in [1.29, 1.82) is 0 Å². The quantitative estimate of drug-likeness (QED) is 0.829. The summed E-state index contributed by atoms with van der Waals surface area (Å²) >= 11 is 3.33. The van der Waals surface area contributed by atoms with Crippen LogP contribution in [0, 0.1) is 0 Å². The Morgan fingerprint density at radius 2 is 2.50 bits per heavy atom. The SMILES string of the molecule is Cn1ncc(Br)c1CCC(N)=O. The van der Waals surface area contributed by atoms with E-state index >= 15 is 0 Å². The van der Waals surface area contributed by atoms with Crippen LogP contribution >= 0.6 is 15.9 Å². The van der Waals surface area contributed by atoms with Gasteiger partial charge in [0.15, 0.2) is 0 Å². The van der Waals surface area contributed by atoms with Crippen LogP contribution in [0.25, 0.3) is 0 Å². The Labute approximate surface area is 78.9 Å². The van der Waals surface area contributed by atoms with Crippen molar-refractivity contribution in [2.45, 2.75) is 12.8 Å². The summed E-state index contributed by atoms with van der Waals surface area (Å²) in [6.45, 7) is 0. The number of amides is 1. The van der Waals surface area contributed by atoms with Crippen molar-refractivity contribution in [2.24, 2.45) is 12.8 Å². The molecule has 0 bridgehead atoms. The van der Waals surface area contributed by atoms with E-state index in [4.69, 9.17) is 5.73 Å². The molecule has 1 aromatic rings. The Bertz CT molecular complexity index is 275. The van der Waals surface area contributed by atoms with Crippen LogP contribution in [0.1, 0.15) is 12.1 Å². The predicted octanol–water partition coefficient (Wildman–Crippen LogP) is 0.601. The van der Waals surface area contributed by atoms with Crippen LogP contribution < -0.4 is 5.73 Å². The maximum Gasteiger partial charge on any atom is 0.217 e. The van der Waals surface area contributed by atoms with Crippen LogP contribution in [0.15, 0.2) is 10.7 Å². The predicted molar refractivity (Wildman–Crippen MR) is 48.4 cm³/mol. The van der Waals surface area contributed by atoms with Gasteiger partial charge < -0.3 is 5.73 Å². The van der Waals surface area contributed by atoms with Gasteiger partial charge in [0.25, 0.3) is 0 Å². The van der Waals surface area contributed by atoms with Crippen molar-refractivity contribution in [2.75, 3.05) is 0 Å². The number of halogens is 1. The largest absolute Gasteiger partial charge is 0.370 e. The van der Waals surface area contributed by atoms with Crippen molar-refractivity contribution < 1.29 is 4.79 Å². The summed E-state index contributed by atoms with van der Waals surface area (Å²) < 4.78 is 2.65. The first-order valence-corrected chi connectivity index (χ1v) is 4.35. The number of aryl methyl sites for hydroxylation is 1. The summed E-state index contributed by atoms with van der Waals surface area (Å²) in [7, 11) is 1.83. The smallest absolute Gasteiger partial charge is 0.217 e. The van der Waals surface area contributed by atoms with Gasteiger partial charge in [-0.2, -0.15) is 5.10 Å². The van der Waals surface area contributed by atoms with Crippen molar-refractivity contribution in [3.05, 3.63) is 16.4 Å². The first kappa shape index (κ1) is 9.25. The molecular formula is C7H10BrN3O. The number of primary amides is 1. The zero-order valence-corrected chi connectivity index (χ0v) is 8.34. The standard InChI is InChI=1S/C7H10BrN3O/c1-11-6(2-3-7(9)12)5(8)4-10-11/h4H,2-3H2,1H3,(H2,9,12). The molecule has 0 unspecified atom stereocenters. The molecule has 1 heterocycles. The fraction of sp³-hybridized carbons (Fsp3) is 0.429. The minimum absolute atomic E-state index is 0.289. The highest BCUT2D eigenvalue weighted by molar-refractivity contribution is 9.10. The number of rotatable bonds is 3. The minimum Gasteiger partial charge on any atom is -0.370 e. The number of hydrogen-bond acceptors (Lipinski definition) is 2. The van der Waals surface area contributed by atoms with Gasteiger partial charge in [-0.15, -0.1) is 0 Å². The lowest BCUT2D eigenvalue weighted by molar-refractivity contribution is -0.118. The summed E-state index contributed by atoms with van der Waals surface area (Å²) in [6.07, 6.45) is 2.70. The van der Waals surface area contributed by atoms with E-state index < -0.39 is 0 Å². The molecule has 0 aliphatic rings. The molecule has 0 aliphatic heterocycles. The van der Waals surface area contributed by atoms with E-state index in [1.54, 1.807) is 10.9 Å². The normalized spacial score (nSPS) is 10.2. The molecule has 1 rings (SSSR count). The molecule has 0 aliphatic carbocycles. The lowest BCUT2D eigenvalue weighted by atomic mass is 10.2. The molecule has 0 saturated heterocycles. The van der Waals surface area contributed by atoms with Crippen molar-refractivity contribution in [3.63, 3.8) is 0 Å². The molecule has 0 saturated carbocycles. The Hall–Kier alpha value is -0.840. The Morgan fingerprint density at radius 1 is 1.83 bits per heavy atom. The highest BCUT2D eigenvalue weighted by atomic mass is 79.9. The molecule has 5 heteroatoms. The van der Waals surface area contributed by atoms with Crippen LogP contribution in [-0.4, -0.2) is 15.7 Å². The van der Waals surface area contributed by atoms with Gasteiger partial charge in [-0.3, -0.25) is 9.48 Å². The zero-order valence-electron chi connectivity index (χ0n) is 6.75. The number of nitrogens with two attached hydrogens (primary N) is 1. The van der Waals surface area contributed by atoms with Gasteiger partial charge in [-0.05, 0) is 22.4 Å². The number of aromatic nitrogens is 2. The molecule has 12 heavy (non-hydrogen) atoms. The second-order valence-electron chi connectivity index (χ2n) is 2.53. The monoisotopic (exact) mass is 231 g/mol. The fourth-order valence-electron chi connectivity index (χ4n) is 0.959. The van der Waals surface area contributed by atoms with Gasteiger partial charge in [0, 0.05) is 13.5 Å². The third kappa shape index (κ3) is 2.07. The lowest BCUT2D eigenvalue weighted by Crippen LogP contribution is -2.12. The molecule has 0 spiro atoms. The second kappa shape index (κ2) is 3.71. The van der Waals surface area contributed by atoms with Gasteiger partial charge in [0.1, 0.15) is 0 Å². The summed E-state index contributed by atoms with van der Waals surface area (Å²) in [5.41, 5.74) is 6.02. The molecule has 4 nitrogen and oxygen atoms in total. The van der Waals surface area contributed by atoms with Crippen molar-refractivity contribution >= 4 is 21.8 Å². The molecular weight excluding hydrogens is 222 g/mol. The van der Waals surface area contributed by atoms with Crippen molar-refractivity contribution in [3.8, 4) is 0 Å². The highest BCUT2D eigenvalue weighted by Crippen LogP contribution is 2.16. The van der Waals surface area contributed by atoms with E-state index in [9.17, 15) is 4.79 Å². The lowest BCUT2D eigenvalue weighted by Gasteiger charge is -1.99. The van der Waals surface area contributed by atoms with Gasteiger partial charge in [-0.1, -0.05) is 0 Å². The highest BCUT2D eigenvalue weighted by Gasteiger charge is 2.06. The number of hydrogen-bond donors (Lipinski definition) is 1. The van der Waals surface area contributed by atoms with Crippen LogP contribution in [0.3, 0.4) is 0 Å². The summed E-state index contributed by atoms with van der Waals surface area (Å²) in [5, 5.41) is 4.01. The van der Waals surface area contributed by atoms with Gasteiger partial charge in [-0.25, -0.2) is 0 Å². The third-order valence-corrected chi connectivity index (χ3v) is 2.28. The van der Waals surface area contributed by atoms with Gasteiger partial charge >= 0.3 is 0 Å². The first-order chi connectivity index (χ1) is 5.61. The fourth-order valence-corrected chi connectivity index (χ4v) is 1.51. The van der Waals surface area contributed by atoms with Crippen LogP contribution in [0.2, 0.25) is 0 Å². The summed E-state index contributed by atoms with van der Waals surface area (Å²) in [6, 6.07) is 0. The van der Waals surface area contributed by atoms with Gasteiger partial charge in [0.2, 0.25) is 5.91 Å². The first-order valence-electron chi connectivity index (χ1n) is 3.56. The van der Waals surface area contributed by atoms with Gasteiger partial charge in [0.05, 0.1) is 16.4 Å². The minimum atomic E-state index is -0.289. The maximum atomic E-state index is 10.5. The summed E-state index contributed by atoms with van der Waals surface area (Å²) in [4.78, 5) is 10.5. The number of nitrogens with zero attached hydrogens (tertiary/aromatic N) is 2. The molecule has 0 aromatic carbocycles.